The minimum atomic E-state index is 0.605. The lowest BCUT2D eigenvalue weighted by molar-refractivity contribution is 0.557. The van der Waals surface area contributed by atoms with Gasteiger partial charge in [0.15, 0.2) is 0 Å². The van der Waals surface area contributed by atoms with Crippen LogP contribution in [0.5, 0.6) is 0 Å². The molecule has 0 bridgehead atoms. The molecule has 0 aromatic carbocycles. The van der Waals surface area contributed by atoms with Gasteiger partial charge in [-0.25, -0.2) is 0 Å². The third-order valence-electron chi connectivity index (χ3n) is 3.96. The lowest BCUT2D eigenvalue weighted by atomic mass is 9.97. The lowest BCUT2D eigenvalue weighted by Gasteiger charge is -2.12. The molecule has 1 aliphatic rings. The highest BCUT2D eigenvalue weighted by Gasteiger charge is 2.08. The highest BCUT2D eigenvalue weighted by molar-refractivity contribution is 7.71. The fraction of sp³-hybridized carbons (Fsp3) is 0.625. The van der Waals surface area contributed by atoms with Gasteiger partial charge in [0.05, 0.1) is 5.56 Å². The summed E-state index contributed by atoms with van der Waals surface area (Å²) in [4.78, 5) is 3.29. The maximum absolute atomic E-state index is 9.09. The standard InChI is InChI=1S/C16H22N2S/c17-12-14-11-13-9-7-5-3-1-2-4-6-8-10-15(13)18-16(14)19/h11H,1-10H2,(H,18,19). The summed E-state index contributed by atoms with van der Waals surface area (Å²) in [6.07, 6.45) is 12.7. The molecule has 1 aromatic rings. The molecule has 0 unspecified atom stereocenters. The monoisotopic (exact) mass is 274 g/mol. The number of fused-ring (bicyclic) bond motifs is 1. The molecule has 0 atom stereocenters. The van der Waals surface area contributed by atoms with Crippen LogP contribution in [0.1, 0.15) is 68.2 Å². The SMILES string of the molecule is N#Cc1cc2c([nH]c1=S)CCCCCCCCCC2. The zero-order valence-corrected chi connectivity index (χ0v) is 12.3. The van der Waals surface area contributed by atoms with E-state index in [2.05, 4.69) is 11.1 Å². The molecule has 2 nitrogen and oxygen atoms in total. The minimum Gasteiger partial charge on any atom is -0.349 e. The van der Waals surface area contributed by atoms with Gasteiger partial charge in [-0.3, -0.25) is 0 Å². The summed E-state index contributed by atoms with van der Waals surface area (Å²) >= 11 is 5.25. The van der Waals surface area contributed by atoms with Crippen LogP contribution in [0.15, 0.2) is 6.07 Å². The zero-order chi connectivity index (χ0) is 13.5. The van der Waals surface area contributed by atoms with Crippen molar-refractivity contribution in [2.24, 2.45) is 0 Å². The summed E-state index contributed by atoms with van der Waals surface area (Å²) < 4.78 is 0.605. The van der Waals surface area contributed by atoms with Crippen molar-refractivity contribution in [3.8, 4) is 6.07 Å². The van der Waals surface area contributed by atoms with Crippen LogP contribution in [0.4, 0.5) is 0 Å². The number of nitrogens with zero attached hydrogens (tertiary/aromatic N) is 1. The smallest absolute Gasteiger partial charge is 0.121 e. The number of rotatable bonds is 0. The van der Waals surface area contributed by atoms with Gasteiger partial charge in [0.25, 0.3) is 0 Å². The number of nitriles is 1. The van der Waals surface area contributed by atoms with E-state index in [0.29, 0.717) is 10.2 Å². The second kappa shape index (κ2) is 7.45. The second-order valence-electron chi connectivity index (χ2n) is 5.46. The third-order valence-corrected chi connectivity index (χ3v) is 4.28. The molecule has 1 aliphatic carbocycles. The highest BCUT2D eigenvalue weighted by atomic mass is 32.1. The molecular weight excluding hydrogens is 252 g/mol. The molecule has 0 radical (unpaired) electrons. The summed E-state index contributed by atoms with van der Waals surface area (Å²) in [6, 6.07) is 4.21. The van der Waals surface area contributed by atoms with E-state index in [4.69, 9.17) is 17.5 Å². The fourth-order valence-corrected chi connectivity index (χ4v) is 3.05. The minimum absolute atomic E-state index is 0.605. The van der Waals surface area contributed by atoms with Crippen molar-refractivity contribution in [2.45, 2.75) is 64.2 Å². The van der Waals surface area contributed by atoms with Crippen molar-refractivity contribution in [2.75, 3.05) is 0 Å². The first-order valence-electron chi connectivity index (χ1n) is 7.46. The van der Waals surface area contributed by atoms with E-state index in [1.54, 1.807) is 0 Å². The van der Waals surface area contributed by atoms with E-state index in [9.17, 15) is 0 Å². The number of hydrogen-bond acceptors (Lipinski definition) is 2. The molecule has 1 aromatic heterocycles. The lowest BCUT2D eigenvalue weighted by Crippen LogP contribution is -2.02. The Balaban J connectivity index is 2.21. The maximum atomic E-state index is 9.09. The quantitative estimate of drug-likeness (QED) is 0.688. The van der Waals surface area contributed by atoms with Gasteiger partial charge in [-0.1, -0.05) is 50.7 Å². The predicted octanol–water partition coefficient (Wildman–Crippen LogP) is 4.84. The Kier molecular flexibility index (Phi) is 5.60. The van der Waals surface area contributed by atoms with Crippen LogP contribution in [-0.4, -0.2) is 4.98 Å². The summed E-state index contributed by atoms with van der Waals surface area (Å²) in [7, 11) is 0. The first-order chi connectivity index (χ1) is 9.31. The molecule has 1 heterocycles. The van der Waals surface area contributed by atoms with E-state index in [0.717, 1.165) is 12.8 Å². The van der Waals surface area contributed by atoms with Crippen molar-refractivity contribution in [3.63, 3.8) is 0 Å². The number of hydrogen-bond donors (Lipinski definition) is 1. The van der Waals surface area contributed by atoms with Crippen molar-refractivity contribution < 1.29 is 0 Å². The molecular formula is C16H22N2S. The van der Waals surface area contributed by atoms with Crippen LogP contribution in [0.3, 0.4) is 0 Å². The van der Waals surface area contributed by atoms with Gasteiger partial charge in [0.1, 0.15) is 10.7 Å². The van der Waals surface area contributed by atoms with Gasteiger partial charge < -0.3 is 4.98 Å². The molecule has 19 heavy (non-hydrogen) atoms. The predicted molar refractivity (Wildman–Crippen MR) is 80.7 cm³/mol. The van der Waals surface area contributed by atoms with Gasteiger partial charge in [-0.2, -0.15) is 5.26 Å². The normalized spacial score (nSPS) is 17.6. The third kappa shape index (κ3) is 4.18. The number of H-pyrrole nitrogens is 1. The molecule has 0 saturated carbocycles. The van der Waals surface area contributed by atoms with Crippen molar-refractivity contribution in [1.29, 1.82) is 5.26 Å². The maximum Gasteiger partial charge on any atom is 0.121 e. The van der Waals surface area contributed by atoms with Gasteiger partial charge in [-0.15, -0.1) is 0 Å². The van der Waals surface area contributed by atoms with Crippen LogP contribution in [0.2, 0.25) is 0 Å². The molecule has 102 valence electrons. The Morgan fingerprint density at radius 2 is 1.53 bits per heavy atom. The first-order valence-corrected chi connectivity index (χ1v) is 7.87. The average molecular weight is 274 g/mol. The highest BCUT2D eigenvalue weighted by Crippen LogP contribution is 2.19. The Bertz CT molecular complexity index is 510. The Morgan fingerprint density at radius 1 is 0.947 bits per heavy atom. The number of aromatic nitrogens is 1. The van der Waals surface area contributed by atoms with Gasteiger partial charge in [-0.05, 0) is 37.3 Å². The Morgan fingerprint density at radius 3 is 2.16 bits per heavy atom. The number of aromatic amines is 1. The average Bonchev–Trinajstić information content (AvgIpc) is 2.40. The van der Waals surface area contributed by atoms with Crippen molar-refractivity contribution in [1.82, 2.24) is 4.98 Å². The van der Waals surface area contributed by atoms with Crippen LogP contribution in [-0.2, 0) is 12.8 Å². The summed E-state index contributed by atoms with van der Waals surface area (Å²) in [6.45, 7) is 0. The fourth-order valence-electron chi connectivity index (χ4n) is 2.82. The molecule has 0 amide bonds. The van der Waals surface area contributed by atoms with E-state index < -0.39 is 0 Å². The van der Waals surface area contributed by atoms with Gasteiger partial charge in [0.2, 0.25) is 0 Å². The first kappa shape index (κ1) is 14.3. The summed E-state index contributed by atoms with van der Waals surface area (Å²) in [5.74, 6) is 0. The molecule has 2 rings (SSSR count). The topological polar surface area (TPSA) is 39.6 Å². The molecule has 0 aliphatic heterocycles. The van der Waals surface area contributed by atoms with E-state index >= 15 is 0 Å². The number of aryl methyl sites for hydroxylation is 2. The van der Waals surface area contributed by atoms with Crippen LogP contribution in [0, 0.1) is 16.0 Å². The van der Waals surface area contributed by atoms with Crippen LogP contribution < -0.4 is 0 Å². The van der Waals surface area contributed by atoms with Crippen LogP contribution >= 0.6 is 12.2 Å². The molecule has 1 N–H and O–H groups in total. The van der Waals surface area contributed by atoms with Crippen molar-refractivity contribution >= 4 is 12.2 Å². The molecule has 0 fully saturated rings. The largest absolute Gasteiger partial charge is 0.349 e. The van der Waals surface area contributed by atoms with E-state index in [1.807, 2.05) is 6.07 Å². The summed E-state index contributed by atoms with van der Waals surface area (Å²) in [5.41, 5.74) is 3.20. The van der Waals surface area contributed by atoms with E-state index in [1.165, 1.54) is 62.6 Å². The zero-order valence-electron chi connectivity index (χ0n) is 11.5. The number of nitrogens with one attached hydrogen (secondary N) is 1. The molecule has 0 spiro atoms. The molecule has 0 saturated heterocycles. The van der Waals surface area contributed by atoms with Crippen molar-refractivity contribution in [3.05, 3.63) is 27.5 Å². The summed E-state index contributed by atoms with van der Waals surface area (Å²) in [5, 5.41) is 9.09. The number of pyridine rings is 1. The van der Waals surface area contributed by atoms with Crippen LogP contribution in [0.25, 0.3) is 0 Å². The second-order valence-corrected chi connectivity index (χ2v) is 5.86. The Hall–Kier alpha value is -1.14. The molecule has 3 heteroatoms. The van der Waals surface area contributed by atoms with E-state index in [-0.39, 0.29) is 0 Å². The van der Waals surface area contributed by atoms with Gasteiger partial charge in [0, 0.05) is 5.69 Å². The van der Waals surface area contributed by atoms with Gasteiger partial charge >= 0.3 is 0 Å². The Labute approximate surface area is 120 Å².